The lowest BCUT2D eigenvalue weighted by atomic mass is 10.0. The molecule has 2 aromatic rings. The molecule has 0 aromatic heterocycles. The molecule has 4 amide bonds. The zero-order chi connectivity index (χ0) is 29.7. The lowest BCUT2D eigenvalue weighted by Gasteiger charge is -2.24. The molecule has 2 atom stereocenters. The van der Waals surface area contributed by atoms with E-state index in [0.29, 0.717) is 17.7 Å². The van der Waals surface area contributed by atoms with E-state index in [0.717, 1.165) is 0 Å². The third kappa shape index (κ3) is 10.6. The second-order valence-corrected chi connectivity index (χ2v) is 9.08. The van der Waals surface area contributed by atoms with Gasteiger partial charge in [-0.15, -0.1) is 0 Å². The number of nitrogens with zero attached hydrogens (tertiary/aromatic N) is 1. The van der Waals surface area contributed by atoms with Gasteiger partial charge in [0.1, 0.15) is 18.4 Å². The lowest BCUT2D eigenvalue weighted by molar-refractivity contribution is -0.384. The Morgan fingerprint density at radius 1 is 1.00 bits per heavy atom. The highest BCUT2D eigenvalue weighted by atomic mass is 16.7. The maximum Gasteiger partial charge on any atom is 0.514 e. The van der Waals surface area contributed by atoms with Gasteiger partial charge in [-0.2, -0.15) is 0 Å². The molecule has 0 bridgehead atoms. The minimum Gasteiger partial charge on any atom is -0.429 e. The van der Waals surface area contributed by atoms with Gasteiger partial charge in [0.25, 0.3) is 5.69 Å². The number of amides is 4. The van der Waals surface area contributed by atoms with Gasteiger partial charge in [-0.25, -0.2) is 9.59 Å². The summed E-state index contributed by atoms with van der Waals surface area (Å²) < 4.78 is 10.1. The first kappa shape index (κ1) is 31.5. The van der Waals surface area contributed by atoms with Crippen LogP contribution in [-0.2, 0) is 20.9 Å². The molecule has 2 aromatic carbocycles. The van der Waals surface area contributed by atoms with Gasteiger partial charge in [-0.1, -0.05) is 26.0 Å². The van der Waals surface area contributed by atoms with Crippen LogP contribution in [0.15, 0.2) is 48.5 Å². The van der Waals surface area contributed by atoms with E-state index in [9.17, 15) is 29.3 Å². The number of rotatable bonds is 14. The second kappa shape index (κ2) is 15.6. The highest BCUT2D eigenvalue weighted by molar-refractivity contribution is 5.97. The summed E-state index contributed by atoms with van der Waals surface area (Å²) in [6, 6.07) is 9.41. The number of nitrogens with two attached hydrogens (primary N) is 1. The summed E-state index contributed by atoms with van der Waals surface area (Å²) in [6.07, 6.45) is -0.328. The molecule has 0 aliphatic rings. The smallest absolute Gasteiger partial charge is 0.429 e. The number of urea groups is 1. The van der Waals surface area contributed by atoms with Crippen LogP contribution in [0.25, 0.3) is 0 Å². The number of primary amides is 1. The van der Waals surface area contributed by atoms with Crippen molar-refractivity contribution in [2.75, 3.05) is 18.9 Å². The van der Waals surface area contributed by atoms with Gasteiger partial charge >= 0.3 is 12.2 Å². The number of ether oxygens (including phenoxy) is 2. The number of non-ortho nitro benzene ring substituents is 1. The molecule has 216 valence electrons. The van der Waals surface area contributed by atoms with E-state index in [2.05, 4.69) is 21.3 Å². The van der Waals surface area contributed by atoms with Crippen LogP contribution < -0.4 is 31.7 Å². The Kier molecular flexibility index (Phi) is 12.3. The first-order valence-electron chi connectivity index (χ1n) is 12.5. The van der Waals surface area contributed by atoms with Crippen molar-refractivity contribution in [3.05, 3.63) is 64.2 Å². The minimum absolute atomic E-state index is 0.00794. The number of likely N-dealkylation sites (N-methyl/N-ethyl adjacent to an activating group) is 1. The molecule has 2 unspecified atom stereocenters. The molecule has 0 fully saturated rings. The van der Waals surface area contributed by atoms with Crippen LogP contribution in [0, 0.1) is 16.0 Å². The molecule has 6 N–H and O–H groups in total. The molecule has 0 heterocycles. The fraction of sp³-hybridized carbons (Fsp3) is 0.385. The van der Waals surface area contributed by atoms with Crippen molar-refractivity contribution >= 4 is 35.4 Å². The first-order valence-corrected chi connectivity index (χ1v) is 12.5. The number of nitro benzene ring substituents is 1. The maximum absolute atomic E-state index is 13.0. The number of benzene rings is 2. The Morgan fingerprint density at radius 2 is 1.65 bits per heavy atom. The first-order chi connectivity index (χ1) is 19.0. The molecule has 2 rings (SSSR count). The molecule has 40 heavy (non-hydrogen) atoms. The Hall–Kier alpha value is -4.72. The van der Waals surface area contributed by atoms with Gasteiger partial charge in [0.2, 0.25) is 11.8 Å². The monoisotopic (exact) mass is 558 g/mol. The van der Waals surface area contributed by atoms with Crippen molar-refractivity contribution in [2.45, 2.75) is 45.4 Å². The quantitative estimate of drug-likeness (QED) is 0.0758. The SMILES string of the molecule is CNC(C(=O)NC(CCCNC(N)=O)C(=O)Nc1ccc(COC(=O)Oc2ccc([N+](=O)[O-])cc2)cc1)C(C)C. The number of carbonyl (C=O) groups excluding carboxylic acids is 4. The number of nitrogens with one attached hydrogen (secondary N) is 4. The topological polar surface area (TPSA) is 204 Å². The predicted octanol–water partition coefficient (Wildman–Crippen LogP) is 2.43. The summed E-state index contributed by atoms with van der Waals surface area (Å²) in [5.41, 5.74) is 6.00. The zero-order valence-electron chi connectivity index (χ0n) is 22.5. The summed E-state index contributed by atoms with van der Waals surface area (Å²) >= 11 is 0. The average molecular weight is 559 g/mol. The summed E-state index contributed by atoms with van der Waals surface area (Å²) in [7, 11) is 1.66. The molecular weight excluding hydrogens is 524 g/mol. The summed E-state index contributed by atoms with van der Waals surface area (Å²) in [5, 5.41) is 21.6. The van der Waals surface area contributed by atoms with E-state index in [1.165, 1.54) is 24.3 Å². The van der Waals surface area contributed by atoms with Crippen LogP contribution in [0.1, 0.15) is 32.3 Å². The van der Waals surface area contributed by atoms with Crippen LogP contribution in [-0.4, -0.2) is 54.6 Å². The van der Waals surface area contributed by atoms with Gasteiger partial charge in [-0.3, -0.25) is 19.7 Å². The molecule has 14 nitrogen and oxygen atoms in total. The molecule has 0 spiro atoms. The predicted molar refractivity (Wildman–Crippen MR) is 145 cm³/mol. The molecular formula is C26H34N6O8. The van der Waals surface area contributed by atoms with E-state index in [1.54, 1.807) is 31.3 Å². The van der Waals surface area contributed by atoms with Crippen molar-refractivity contribution in [3.8, 4) is 5.75 Å². The van der Waals surface area contributed by atoms with E-state index < -0.39 is 35.1 Å². The highest BCUT2D eigenvalue weighted by Crippen LogP contribution is 2.18. The number of hydrogen-bond acceptors (Lipinski definition) is 9. The molecule has 0 radical (unpaired) electrons. The minimum atomic E-state index is -0.989. The zero-order valence-corrected chi connectivity index (χ0v) is 22.5. The Balaban J connectivity index is 1.94. The lowest BCUT2D eigenvalue weighted by Crippen LogP contribution is -2.52. The third-order valence-electron chi connectivity index (χ3n) is 5.69. The van der Waals surface area contributed by atoms with E-state index >= 15 is 0 Å². The van der Waals surface area contributed by atoms with Gasteiger partial charge in [0.15, 0.2) is 0 Å². The van der Waals surface area contributed by atoms with Crippen LogP contribution in [0.5, 0.6) is 5.75 Å². The number of nitro groups is 1. The van der Waals surface area contributed by atoms with Crippen LogP contribution >= 0.6 is 0 Å². The molecule has 0 aliphatic carbocycles. The number of carbonyl (C=O) groups is 4. The average Bonchev–Trinajstić information content (AvgIpc) is 2.90. The van der Waals surface area contributed by atoms with Crippen LogP contribution in [0.3, 0.4) is 0 Å². The van der Waals surface area contributed by atoms with E-state index in [4.69, 9.17) is 15.2 Å². The van der Waals surface area contributed by atoms with E-state index in [1.807, 2.05) is 13.8 Å². The number of hydrogen-bond donors (Lipinski definition) is 5. The molecule has 0 aliphatic heterocycles. The van der Waals surface area contributed by atoms with Crippen LogP contribution in [0.2, 0.25) is 0 Å². The molecule has 14 heteroatoms. The van der Waals surface area contributed by atoms with E-state index in [-0.39, 0.29) is 42.8 Å². The fourth-order valence-electron chi connectivity index (χ4n) is 3.63. The largest absolute Gasteiger partial charge is 0.514 e. The van der Waals surface area contributed by atoms with Gasteiger partial charge < -0.3 is 36.5 Å². The second-order valence-electron chi connectivity index (χ2n) is 9.08. The van der Waals surface area contributed by atoms with Gasteiger partial charge in [0.05, 0.1) is 11.0 Å². The summed E-state index contributed by atoms with van der Waals surface area (Å²) in [6.45, 7) is 3.89. The fourth-order valence-corrected chi connectivity index (χ4v) is 3.63. The normalized spacial score (nSPS) is 12.1. The highest BCUT2D eigenvalue weighted by Gasteiger charge is 2.26. The maximum atomic E-state index is 13.0. The van der Waals surface area contributed by atoms with Gasteiger partial charge in [0, 0.05) is 24.4 Å². The van der Waals surface area contributed by atoms with Crippen molar-refractivity contribution in [2.24, 2.45) is 11.7 Å². The number of anilines is 1. The Bertz CT molecular complexity index is 1170. The molecule has 0 saturated carbocycles. The standard InChI is InChI=1S/C26H34N6O8/c1-16(2)22(28-3)24(34)31-21(5-4-14-29-25(27)35)23(33)30-18-8-6-17(7-9-18)15-39-26(36)40-20-12-10-19(11-13-20)32(37)38/h6-13,16,21-22,28H,4-5,14-15H2,1-3H3,(H,30,33)(H,31,34)(H3,27,29,35). The van der Waals surface area contributed by atoms with Crippen molar-refractivity contribution < 1.29 is 33.6 Å². The van der Waals surface area contributed by atoms with Crippen molar-refractivity contribution in [1.29, 1.82) is 0 Å². The molecule has 0 saturated heterocycles. The van der Waals surface area contributed by atoms with Crippen molar-refractivity contribution in [3.63, 3.8) is 0 Å². The van der Waals surface area contributed by atoms with Gasteiger partial charge in [-0.05, 0) is 55.6 Å². The Labute approximate surface area is 231 Å². The third-order valence-corrected chi connectivity index (χ3v) is 5.69. The summed E-state index contributed by atoms with van der Waals surface area (Å²) in [4.78, 5) is 58.7. The van der Waals surface area contributed by atoms with Crippen LogP contribution in [0.4, 0.5) is 21.0 Å². The van der Waals surface area contributed by atoms with Crippen molar-refractivity contribution in [1.82, 2.24) is 16.0 Å². The Morgan fingerprint density at radius 3 is 2.20 bits per heavy atom. The summed E-state index contributed by atoms with van der Waals surface area (Å²) in [5.74, 6) is -0.683.